The third kappa shape index (κ3) is 3.46. The molecule has 0 bridgehead atoms. The van der Waals surface area contributed by atoms with Crippen LogP contribution in [0.5, 0.6) is 0 Å². The van der Waals surface area contributed by atoms with Gasteiger partial charge in [-0.1, -0.05) is 0 Å². The van der Waals surface area contributed by atoms with Crippen molar-refractivity contribution in [2.75, 3.05) is 0 Å². The van der Waals surface area contributed by atoms with Crippen molar-refractivity contribution in [3.63, 3.8) is 0 Å². The number of nitrogens with one attached hydrogen (secondary N) is 1. The zero-order valence-corrected chi connectivity index (χ0v) is 10.3. The largest absolute Gasteiger partial charge is 0.271 e. The van der Waals surface area contributed by atoms with E-state index in [1.165, 1.54) is 0 Å². The highest BCUT2D eigenvalue weighted by Gasteiger charge is 2.37. The average molecular weight is 255 g/mol. The minimum absolute atomic E-state index is 0.0216. The van der Waals surface area contributed by atoms with E-state index in [4.69, 9.17) is 5.84 Å². The molecule has 1 atom stereocenters. The molecular formula is C13H19F2N3. The maximum Gasteiger partial charge on any atom is 0.248 e. The van der Waals surface area contributed by atoms with Gasteiger partial charge in [-0.2, -0.15) is 0 Å². The van der Waals surface area contributed by atoms with Gasteiger partial charge in [-0.3, -0.25) is 16.3 Å². The summed E-state index contributed by atoms with van der Waals surface area (Å²) in [5.41, 5.74) is 3.91. The summed E-state index contributed by atoms with van der Waals surface area (Å²) in [5.74, 6) is 3.31. The van der Waals surface area contributed by atoms with E-state index in [0.29, 0.717) is 12.8 Å². The molecule has 1 unspecified atom stereocenters. The molecule has 100 valence electrons. The summed E-state index contributed by atoms with van der Waals surface area (Å²) in [5, 5.41) is 0. The van der Waals surface area contributed by atoms with E-state index in [0.717, 1.165) is 12.0 Å². The van der Waals surface area contributed by atoms with Crippen LogP contribution in [0.4, 0.5) is 8.78 Å². The van der Waals surface area contributed by atoms with Gasteiger partial charge < -0.3 is 0 Å². The van der Waals surface area contributed by atoms with Gasteiger partial charge in [0, 0.05) is 31.3 Å². The van der Waals surface area contributed by atoms with E-state index in [1.807, 2.05) is 12.1 Å². The average Bonchev–Trinajstić information content (AvgIpc) is 2.38. The van der Waals surface area contributed by atoms with Crippen molar-refractivity contribution in [3.8, 4) is 0 Å². The van der Waals surface area contributed by atoms with Gasteiger partial charge >= 0.3 is 0 Å². The third-order valence-electron chi connectivity index (χ3n) is 3.75. The van der Waals surface area contributed by atoms with Crippen LogP contribution in [0, 0.1) is 5.92 Å². The summed E-state index contributed by atoms with van der Waals surface area (Å²) in [4.78, 5) is 3.96. The summed E-state index contributed by atoms with van der Waals surface area (Å²) in [6.45, 7) is 0. The fourth-order valence-electron chi connectivity index (χ4n) is 2.60. The molecule has 0 amide bonds. The number of alkyl halides is 2. The molecule has 0 aromatic carbocycles. The van der Waals surface area contributed by atoms with Gasteiger partial charge in [0.1, 0.15) is 0 Å². The van der Waals surface area contributed by atoms with Gasteiger partial charge in [0.25, 0.3) is 0 Å². The van der Waals surface area contributed by atoms with Gasteiger partial charge in [-0.25, -0.2) is 8.78 Å². The summed E-state index contributed by atoms with van der Waals surface area (Å²) >= 11 is 0. The Morgan fingerprint density at radius 1 is 1.33 bits per heavy atom. The van der Waals surface area contributed by atoms with Gasteiger partial charge in [0.05, 0.1) is 0 Å². The van der Waals surface area contributed by atoms with E-state index in [1.54, 1.807) is 12.4 Å². The second kappa shape index (κ2) is 5.71. The highest BCUT2D eigenvalue weighted by Crippen LogP contribution is 2.37. The second-order valence-electron chi connectivity index (χ2n) is 5.03. The Morgan fingerprint density at radius 3 is 2.50 bits per heavy atom. The molecule has 1 fully saturated rings. The number of nitrogens with zero attached hydrogens (tertiary/aromatic N) is 1. The minimum Gasteiger partial charge on any atom is -0.271 e. The van der Waals surface area contributed by atoms with Crippen molar-refractivity contribution in [2.24, 2.45) is 11.8 Å². The third-order valence-corrected chi connectivity index (χ3v) is 3.75. The summed E-state index contributed by atoms with van der Waals surface area (Å²) in [6.07, 6.45) is 5.25. The van der Waals surface area contributed by atoms with E-state index in [9.17, 15) is 8.78 Å². The summed E-state index contributed by atoms with van der Waals surface area (Å²) < 4.78 is 26.2. The molecule has 2 rings (SSSR count). The Bertz CT molecular complexity index is 360. The highest BCUT2D eigenvalue weighted by atomic mass is 19.3. The first-order valence-corrected chi connectivity index (χ1v) is 6.33. The van der Waals surface area contributed by atoms with E-state index >= 15 is 0 Å². The van der Waals surface area contributed by atoms with Crippen LogP contribution in [0.3, 0.4) is 0 Å². The first kappa shape index (κ1) is 13.4. The molecule has 3 N–H and O–H groups in total. The zero-order chi connectivity index (χ0) is 13.0. The predicted molar refractivity (Wildman–Crippen MR) is 66.0 cm³/mol. The molecule has 0 saturated heterocycles. The number of hydrogen-bond donors (Lipinski definition) is 2. The van der Waals surface area contributed by atoms with Crippen molar-refractivity contribution in [1.29, 1.82) is 0 Å². The lowest BCUT2D eigenvalue weighted by Gasteiger charge is -2.33. The first-order valence-electron chi connectivity index (χ1n) is 6.33. The fourth-order valence-corrected chi connectivity index (χ4v) is 2.60. The number of aromatic nitrogens is 1. The number of pyridine rings is 1. The van der Waals surface area contributed by atoms with E-state index < -0.39 is 5.92 Å². The standard InChI is InChI=1S/C13H19F2N3/c14-13(15)5-1-11(2-6-13)12(18-16)9-10-3-7-17-8-4-10/h3-4,7-8,11-12,18H,1-2,5-6,9,16H2. The molecule has 1 aliphatic rings. The van der Waals surface area contributed by atoms with Crippen molar-refractivity contribution in [1.82, 2.24) is 10.4 Å². The lowest BCUT2D eigenvalue weighted by Crippen LogP contribution is -2.44. The van der Waals surface area contributed by atoms with Gasteiger partial charge in [-0.05, 0) is 42.9 Å². The maximum absolute atomic E-state index is 13.1. The number of nitrogens with two attached hydrogens (primary N) is 1. The molecule has 0 aliphatic heterocycles. The van der Waals surface area contributed by atoms with Crippen molar-refractivity contribution in [2.45, 2.75) is 44.1 Å². The quantitative estimate of drug-likeness (QED) is 0.641. The SMILES string of the molecule is NNC(Cc1ccncc1)C1CCC(F)(F)CC1. The zero-order valence-electron chi connectivity index (χ0n) is 10.3. The molecule has 1 aliphatic carbocycles. The molecule has 1 aromatic rings. The second-order valence-corrected chi connectivity index (χ2v) is 5.03. The Hall–Kier alpha value is -1.07. The normalized spacial score (nSPS) is 21.7. The molecular weight excluding hydrogens is 236 g/mol. The molecule has 0 spiro atoms. The molecule has 1 heterocycles. The Labute approximate surface area is 106 Å². The van der Waals surface area contributed by atoms with Crippen molar-refractivity contribution in [3.05, 3.63) is 30.1 Å². The van der Waals surface area contributed by atoms with Crippen LogP contribution in [-0.4, -0.2) is 16.9 Å². The Kier molecular flexibility index (Phi) is 4.24. The lowest BCUT2D eigenvalue weighted by atomic mass is 9.80. The van der Waals surface area contributed by atoms with Crippen LogP contribution in [0.15, 0.2) is 24.5 Å². The highest BCUT2D eigenvalue weighted by molar-refractivity contribution is 5.11. The monoisotopic (exact) mass is 255 g/mol. The molecule has 3 nitrogen and oxygen atoms in total. The van der Waals surface area contributed by atoms with E-state index in [-0.39, 0.29) is 24.8 Å². The lowest BCUT2D eigenvalue weighted by molar-refractivity contribution is -0.0495. The van der Waals surface area contributed by atoms with E-state index in [2.05, 4.69) is 10.4 Å². The van der Waals surface area contributed by atoms with Gasteiger partial charge in [0.2, 0.25) is 5.92 Å². The molecule has 1 aromatic heterocycles. The van der Waals surface area contributed by atoms with Crippen LogP contribution in [0.2, 0.25) is 0 Å². The van der Waals surface area contributed by atoms with Crippen molar-refractivity contribution < 1.29 is 8.78 Å². The molecule has 18 heavy (non-hydrogen) atoms. The minimum atomic E-state index is -2.48. The summed E-state index contributed by atoms with van der Waals surface area (Å²) in [7, 11) is 0. The number of hydrogen-bond acceptors (Lipinski definition) is 3. The topological polar surface area (TPSA) is 50.9 Å². The van der Waals surface area contributed by atoms with Crippen LogP contribution >= 0.6 is 0 Å². The first-order chi connectivity index (χ1) is 8.61. The van der Waals surface area contributed by atoms with Gasteiger partial charge in [-0.15, -0.1) is 0 Å². The number of halogens is 2. The van der Waals surface area contributed by atoms with Crippen LogP contribution in [0.25, 0.3) is 0 Å². The maximum atomic E-state index is 13.1. The van der Waals surface area contributed by atoms with Crippen molar-refractivity contribution >= 4 is 0 Å². The summed E-state index contributed by atoms with van der Waals surface area (Å²) in [6, 6.07) is 3.92. The van der Waals surface area contributed by atoms with Crippen LogP contribution < -0.4 is 11.3 Å². The van der Waals surface area contributed by atoms with Gasteiger partial charge in [0.15, 0.2) is 0 Å². The number of hydrazine groups is 1. The fraction of sp³-hybridized carbons (Fsp3) is 0.615. The van der Waals surface area contributed by atoms with Crippen LogP contribution in [-0.2, 0) is 6.42 Å². The molecule has 1 saturated carbocycles. The molecule has 5 heteroatoms. The Morgan fingerprint density at radius 2 is 1.94 bits per heavy atom. The smallest absolute Gasteiger partial charge is 0.248 e. The predicted octanol–water partition coefficient (Wildman–Crippen LogP) is 2.28. The molecule has 0 radical (unpaired) electrons. The Balaban J connectivity index is 1.94. The van der Waals surface area contributed by atoms with Crippen LogP contribution in [0.1, 0.15) is 31.2 Å². The number of rotatable bonds is 4.